The Labute approximate surface area is 174 Å². The first kappa shape index (κ1) is 21.7. The molecule has 158 valence electrons. The average Bonchev–Trinajstić information content (AvgIpc) is 3.19. The largest absolute Gasteiger partial charge is 0.482 e. The number of H-pyrrole nitrogens is 1. The van der Waals surface area contributed by atoms with Crippen molar-refractivity contribution in [3.8, 4) is 5.75 Å². The molecule has 10 heteroatoms. The fraction of sp³-hybridized carbons (Fsp3) is 0.250. The molecule has 2 N–H and O–H groups in total. The first-order valence-electron chi connectivity index (χ1n) is 8.80. The van der Waals surface area contributed by atoms with Crippen molar-refractivity contribution in [2.45, 2.75) is 30.2 Å². The Morgan fingerprint density at radius 3 is 2.60 bits per heavy atom. The van der Waals surface area contributed by atoms with Crippen molar-refractivity contribution in [2.24, 2.45) is 0 Å². The van der Waals surface area contributed by atoms with Crippen LogP contribution < -0.4 is 4.74 Å². The number of carbonyl (C=O) groups is 1. The number of halogens is 3. The van der Waals surface area contributed by atoms with Crippen LogP contribution in [0.1, 0.15) is 33.2 Å². The first-order chi connectivity index (χ1) is 14.1. The van der Waals surface area contributed by atoms with Crippen LogP contribution in [-0.2, 0) is 11.0 Å². The highest BCUT2D eigenvalue weighted by atomic mass is 32.2. The molecule has 0 fully saturated rings. The second-order valence-electron chi connectivity index (χ2n) is 6.59. The summed E-state index contributed by atoms with van der Waals surface area (Å²) in [4.78, 5) is 11.4. The minimum atomic E-state index is -4.52. The number of thioether (sulfide) groups is 1. The first-order valence-corrected chi connectivity index (χ1v) is 9.68. The molecule has 1 aromatic heterocycles. The van der Waals surface area contributed by atoms with Gasteiger partial charge in [0.1, 0.15) is 11.4 Å². The minimum Gasteiger partial charge on any atom is -0.482 e. The van der Waals surface area contributed by atoms with E-state index in [0.29, 0.717) is 27.5 Å². The Kier molecular flexibility index (Phi) is 6.35. The molecule has 0 spiro atoms. The third-order valence-electron chi connectivity index (χ3n) is 4.25. The molecule has 6 nitrogen and oxygen atoms in total. The standard InChI is InChI=1S/C20H18F3N3O3S/c1-11-3-5-14(15(7-11)20(21,22)23)19(16-9-24-26-25-16)30-13-4-6-17(12(2)8-13)29-10-18(27)28/h3-9,19H,10H2,1-2H3,(H,27,28)(H,24,25,26). The van der Waals surface area contributed by atoms with Crippen LogP contribution in [0.2, 0.25) is 0 Å². The summed E-state index contributed by atoms with van der Waals surface area (Å²) in [5, 5.41) is 18.2. The highest BCUT2D eigenvalue weighted by molar-refractivity contribution is 7.99. The third-order valence-corrected chi connectivity index (χ3v) is 5.51. The maximum absolute atomic E-state index is 13.7. The lowest BCUT2D eigenvalue weighted by Gasteiger charge is -2.21. The van der Waals surface area contributed by atoms with E-state index in [1.807, 2.05) is 0 Å². The van der Waals surface area contributed by atoms with Gasteiger partial charge in [-0.25, -0.2) is 4.79 Å². The number of benzene rings is 2. The zero-order valence-corrected chi connectivity index (χ0v) is 16.8. The fourth-order valence-electron chi connectivity index (χ4n) is 2.90. The van der Waals surface area contributed by atoms with Crippen LogP contribution in [0.3, 0.4) is 0 Å². The zero-order valence-electron chi connectivity index (χ0n) is 16.0. The van der Waals surface area contributed by atoms with Gasteiger partial charge >= 0.3 is 12.1 Å². The van der Waals surface area contributed by atoms with Crippen molar-refractivity contribution in [3.05, 3.63) is 70.5 Å². The summed E-state index contributed by atoms with van der Waals surface area (Å²) >= 11 is 1.19. The highest BCUT2D eigenvalue weighted by Gasteiger charge is 2.36. The molecule has 1 atom stereocenters. The van der Waals surface area contributed by atoms with Crippen LogP contribution in [0.15, 0.2) is 47.5 Å². The van der Waals surface area contributed by atoms with E-state index in [4.69, 9.17) is 9.84 Å². The maximum atomic E-state index is 13.7. The molecule has 1 heterocycles. The summed E-state index contributed by atoms with van der Waals surface area (Å²) < 4.78 is 46.4. The Morgan fingerprint density at radius 1 is 1.23 bits per heavy atom. The van der Waals surface area contributed by atoms with Gasteiger partial charge in [-0.3, -0.25) is 0 Å². The Balaban J connectivity index is 1.98. The third kappa shape index (κ3) is 5.12. The molecule has 0 aliphatic heterocycles. The molecule has 0 bridgehead atoms. The number of aromatic nitrogens is 3. The van der Waals surface area contributed by atoms with Crippen molar-refractivity contribution in [1.29, 1.82) is 0 Å². The summed E-state index contributed by atoms with van der Waals surface area (Å²) in [5.41, 5.74) is 0.890. The van der Waals surface area contributed by atoms with Crippen LogP contribution in [-0.4, -0.2) is 33.1 Å². The number of nitrogens with one attached hydrogen (secondary N) is 1. The second kappa shape index (κ2) is 8.78. The lowest BCUT2D eigenvalue weighted by atomic mass is 10.00. The topological polar surface area (TPSA) is 88.1 Å². The van der Waals surface area contributed by atoms with Gasteiger partial charge in [-0.15, -0.1) is 11.8 Å². The number of rotatable bonds is 7. The van der Waals surface area contributed by atoms with Gasteiger partial charge in [-0.1, -0.05) is 17.7 Å². The molecule has 2 aromatic carbocycles. The molecular weight excluding hydrogens is 419 g/mol. The SMILES string of the molecule is Cc1ccc(C(Sc2ccc(OCC(=O)O)c(C)c2)c2cn[nH]n2)c(C(F)(F)F)c1. The maximum Gasteiger partial charge on any atom is 0.416 e. The zero-order chi connectivity index (χ0) is 21.9. The van der Waals surface area contributed by atoms with Crippen molar-refractivity contribution >= 4 is 17.7 Å². The van der Waals surface area contributed by atoms with Crippen LogP contribution in [0.4, 0.5) is 13.2 Å². The second-order valence-corrected chi connectivity index (χ2v) is 7.77. The van der Waals surface area contributed by atoms with Gasteiger partial charge in [0, 0.05) is 4.90 Å². The van der Waals surface area contributed by atoms with Crippen LogP contribution in [0, 0.1) is 13.8 Å². The molecule has 0 radical (unpaired) electrons. The van der Waals surface area contributed by atoms with E-state index in [1.54, 1.807) is 38.1 Å². The number of alkyl halides is 3. The lowest BCUT2D eigenvalue weighted by Crippen LogP contribution is -2.12. The summed E-state index contributed by atoms with van der Waals surface area (Å²) in [6.07, 6.45) is -3.12. The van der Waals surface area contributed by atoms with Gasteiger partial charge in [0.15, 0.2) is 6.61 Å². The van der Waals surface area contributed by atoms with Crippen LogP contribution in [0.5, 0.6) is 5.75 Å². The minimum absolute atomic E-state index is 0.0795. The molecule has 3 rings (SSSR count). The molecule has 30 heavy (non-hydrogen) atoms. The smallest absolute Gasteiger partial charge is 0.416 e. The van der Waals surface area contributed by atoms with E-state index in [1.165, 1.54) is 24.0 Å². The molecule has 0 aliphatic carbocycles. The number of hydrogen-bond acceptors (Lipinski definition) is 5. The molecule has 3 aromatic rings. The molecule has 0 saturated carbocycles. The van der Waals surface area contributed by atoms with Crippen molar-refractivity contribution in [2.75, 3.05) is 6.61 Å². The van der Waals surface area contributed by atoms with E-state index < -0.39 is 29.6 Å². The summed E-state index contributed by atoms with van der Waals surface area (Å²) in [5.74, 6) is -0.705. The van der Waals surface area contributed by atoms with E-state index in [9.17, 15) is 18.0 Å². The number of aryl methyl sites for hydroxylation is 2. The van der Waals surface area contributed by atoms with Crippen molar-refractivity contribution in [1.82, 2.24) is 15.4 Å². The fourth-order valence-corrected chi connectivity index (χ4v) is 4.13. The molecule has 0 aliphatic rings. The average molecular weight is 437 g/mol. The monoisotopic (exact) mass is 437 g/mol. The van der Waals surface area contributed by atoms with Crippen LogP contribution >= 0.6 is 11.8 Å². The van der Waals surface area contributed by atoms with Gasteiger partial charge in [0.05, 0.1) is 17.0 Å². The number of carboxylic acids is 1. The van der Waals surface area contributed by atoms with Crippen LogP contribution in [0.25, 0.3) is 0 Å². The summed E-state index contributed by atoms with van der Waals surface area (Å²) in [7, 11) is 0. The number of ether oxygens (including phenoxy) is 1. The van der Waals surface area contributed by atoms with E-state index in [0.717, 1.165) is 6.07 Å². The number of aromatic amines is 1. The predicted molar refractivity (Wildman–Crippen MR) is 105 cm³/mol. The van der Waals surface area contributed by atoms with Gasteiger partial charge in [0.25, 0.3) is 0 Å². The predicted octanol–water partition coefficient (Wildman–Crippen LogP) is 4.79. The molecule has 0 amide bonds. The number of hydrogen-bond donors (Lipinski definition) is 2. The molecule has 0 saturated heterocycles. The molecular formula is C20H18F3N3O3S. The number of carboxylic acid groups (broad SMARTS) is 1. The van der Waals surface area contributed by atoms with Gasteiger partial charge < -0.3 is 9.84 Å². The van der Waals surface area contributed by atoms with Gasteiger partial charge in [0.2, 0.25) is 0 Å². The van der Waals surface area contributed by atoms with Crippen molar-refractivity contribution < 1.29 is 27.8 Å². The van der Waals surface area contributed by atoms with Crippen molar-refractivity contribution in [3.63, 3.8) is 0 Å². The number of nitrogens with zero attached hydrogens (tertiary/aromatic N) is 2. The Morgan fingerprint density at radius 2 is 2.00 bits per heavy atom. The quantitative estimate of drug-likeness (QED) is 0.517. The van der Waals surface area contributed by atoms with Gasteiger partial charge in [-0.2, -0.15) is 28.6 Å². The van der Waals surface area contributed by atoms with E-state index >= 15 is 0 Å². The van der Waals surface area contributed by atoms with E-state index in [2.05, 4.69) is 15.4 Å². The van der Waals surface area contributed by atoms with E-state index in [-0.39, 0.29) is 5.56 Å². The Hall–Kier alpha value is -3.01. The normalized spacial score (nSPS) is 12.6. The highest BCUT2D eigenvalue weighted by Crippen LogP contribution is 2.45. The van der Waals surface area contributed by atoms with Gasteiger partial charge in [-0.05, 0) is 49.2 Å². The Bertz CT molecular complexity index is 1040. The summed E-state index contributed by atoms with van der Waals surface area (Å²) in [6.45, 7) is 2.86. The summed E-state index contributed by atoms with van der Waals surface area (Å²) in [6, 6.07) is 9.21. The molecule has 1 unspecified atom stereocenters. The number of aliphatic carboxylic acids is 1. The lowest BCUT2D eigenvalue weighted by molar-refractivity contribution is -0.139.